The molecule has 0 bridgehead atoms. The monoisotopic (exact) mass is 318 g/mol. The summed E-state index contributed by atoms with van der Waals surface area (Å²) in [5, 5.41) is 5.03. The standard InChI is InChI=1S/C17H26N4O2/c1-4-12(5-2)9-15-19-16-14(17(22)20-15)10-18-21(16)13-6-7-23-11(3)8-13/h10-13H,4-9H2,1-3H3,(H,19,20,22)/t11-,13-/m1/s1. The van der Waals surface area contributed by atoms with Crippen molar-refractivity contribution in [1.82, 2.24) is 19.7 Å². The fraction of sp³-hybridized carbons (Fsp3) is 0.706. The van der Waals surface area contributed by atoms with E-state index in [4.69, 9.17) is 9.72 Å². The Morgan fingerprint density at radius 1 is 1.43 bits per heavy atom. The highest BCUT2D eigenvalue weighted by Crippen LogP contribution is 2.26. The molecule has 1 saturated heterocycles. The SMILES string of the molecule is CCC(CC)Cc1nc2c(cnn2[C@@H]2CCO[C@H](C)C2)c(=O)[nH]1. The lowest BCUT2D eigenvalue weighted by molar-refractivity contribution is 0.00431. The van der Waals surface area contributed by atoms with Crippen molar-refractivity contribution in [2.45, 2.75) is 65.0 Å². The minimum Gasteiger partial charge on any atom is -0.378 e. The third kappa shape index (κ3) is 3.32. The molecule has 2 aromatic rings. The Balaban J connectivity index is 1.97. The van der Waals surface area contributed by atoms with Crippen LogP contribution in [0.2, 0.25) is 0 Å². The lowest BCUT2D eigenvalue weighted by atomic mass is 9.99. The summed E-state index contributed by atoms with van der Waals surface area (Å²) < 4.78 is 7.55. The van der Waals surface area contributed by atoms with E-state index in [0.29, 0.717) is 17.0 Å². The summed E-state index contributed by atoms with van der Waals surface area (Å²) in [6.45, 7) is 7.17. The highest BCUT2D eigenvalue weighted by Gasteiger charge is 2.24. The molecule has 2 aromatic heterocycles. The molecule has 23 heavy (non-hydrogen) atoms. The van der Waals surface area contributed by atoms with Crippen LogP contribution in [0.3, 0.4) is 0 Å². The van der Waals surface area contributed by atoms with Crippen molar-refractivity contribution in [1.29, 1.82) is 0 Å². The second-order valence-corrected chi connectivity index (χ2v) is 6.59. The van der Waals surface area contributed by atoms with Crippen molar-refractivity contribution in [3.8, 4) is 0 Å². The van der Waals surface area contributed by atoms with Gasteiger partial charge in [0, 0.05) is 13.0 Å². The molecular weight excluding hydrogens is 292 g/mol. The van der Waals surface area contributed by atoms with Crippen LogP contribution in [-0.4, -0.2) is 32.5 Å². The van der Waals surface area contributed by atoms with Gasteiger partial charge < -0.3 is 9.72 Å². The summed E-state index contributed by atoms with van der Waals surface area (Å²) in [6, 6.07) is 0.256. The lowest BCUT2D eigenvalue weighted by Crippen LogP contribution is -2.26. The van der Waals surface area contributed by atoms with Crippen LogP contribution in [0, 0.1) is 5.92 Å². The van der Waals surface area contributed by atoms with E-state index < -0.39 is 0 Å². The Morgan fingerprint density at radius 3 is 2.91 bits per heavy atom. The van der Waals surface area contributed by atoms with Crippen molar-refractivity contribution in [2.24, 2.45) is 5.92 Å². The average molecular weight is 318 g/mol. The molecule has 3 heterocycles. The van der Waals surface area contributed by atoms with Crippen LogP contribution < -0.4 is 5.56 Å². The van der Waals surface area contributed by atoms with Gasteiger partial charge in [0.05, 0.1) is 18.3 Å². The molecule has 1 aliphatic heterocycles. The van der Waals surface area contributed by atoms with E-state index in [9.17, 15) is 4.79 Å². The van der Waals surface area contributed by atoms with Gasteiger partial charge in [-0.3, -0.25) is 4.79 Å². The molecule has 0 aromatic carbocycles. The molecule has 6 nitrogen and oxygen atoms in total. The van der Waals surface area contributed by atoms with Crippen LogP contribution in [-0.2, 0) is 11.2 Å². The second-order valence-electron chi connectivity index (χ2n) is 6.59. The molecule has 0 amide bonds. The van der Waals surface area contributed by atoms with Crippen molar-refractivity contribution < 1.29 is 4.74 Å². The smallest absolute Gasteiger partial charge is 0.262 e. The number of ether oxygens (including phenoxy) is 1. The second kappa shape index (κ2) is 6.83. The first-order valence-electron chi connectivity index (χ1n) is 8.70. The Kier molecular flexibility index (Phi) is 4.80. The summed E-state index contributed by atoms with van der Waals surface area (Å²) in [5.41, 5.74) is 0.635. The number of hydrogen-bond acceptors (Lipinski definition) is 4. The predicted octanol–water partition coefficient (Wildman–Crippen LogP) is 2.84. The summed E-state index contributed by atoms with van der Waals surface area (Å²) in [7, 11) is 0. The van der Waals surface area contributed by atoms with Crippen LogP contribution in [0.5, 0.6) is 0 Å². The molecule has 0 radical (unpaired) electrons. The maximum absolute atomic E-state index is 12.3. The fourth-order valence-electron chi connectivity index (χ4n) is 3.39. The van der Waals surface area contributed by atoms with Crippen molar-refractivity contribution in [3.05, 3.63) is 22.4 Å². The normalized spacial score (nSPS) is 22.1. The average Bonchev–Trinajstić information content (AvgIpc) is 2.97. The Bertz CT molecular complexity index is 717. The van der Waals surface area contributed by atoms with Crippen molar-refractivity contribution in [2.75, 3.05) is 6.61 Å². The van der Waals surface area contributed by atoms with Gasteiger partial charge in [-0.05, 0) is 25.7 Å². The topological polar surface area (TPSA) is 72.8 Å². The Morgan fingerprint density at radius 2 is 2.22 bits per heavy atom. The zero-order valence-electron chi connectivity index (χ0n) is 14.2. The van der Waals surface area contributed by atoms with E-state index in [1.807, 2.05) is 4.68 Å². The Hall–Kier alpha value is -1.69. The number of hydrogen-bond donors (Lipinski definition) is 1. The largest absolute Gasteiger partial charge is 0.378 e. The minimum atomic E-state index is -0.0812. The molecular formula is C17H26N4O2. The minimum absolute atomic E-state index is 0.0812. The number of rotatable bonds is 5. The summed E-state index contributed by atoms with van der Waals surface area (Å²) in [5.74, 6) is 1.33. The molecule has 6 heteroatoms. The van der Waals surface area contributed by atoms with Gasteiger partial charge in [0.2, 0.25) is 0 Å². The quantitative estimate of drug-likeness (QED) is 0.920. The van der Waals surface area contributed by atoms with Gasteiger partial charge in [0.25, 0.3) is 5.56 Å². The zero-order valence-corrected chi connectivity index (χ0v) is 14.2. The molecule has 1 N–H and O–H groups in total. The maximum Gasteiger partial charge on any atom is 0.262 e. The molecule has 126 valence electrons. The predicted molar refractivity (Wildman–Crippen MR) is 89.6 cm³/mol. The molecule has 0 saturated carbocycles. The van der Waals surface area contributed by atoms with E-state index >= 15 is 0 Å². The molecule has 0 spiro atoms. The van der Waals surface area contributed by atoms with Crippen LogP contribution in [0.1, 0.15) is 58.3 Å². The van der Waals surface area contributed by atoms with Crippen LogP contribution in [0.4, 0.5) is 0 Å². The van der Waals surface area contributed by atoms with Gasteiger partial charge in [-0.2, -0.15) is 5.10 Å². The molecule has 0 aliphatic carbocycles. The first-order chi connectivity index (χ1) is 11.1. The number of nitrogens with one attached hydrogen (secondary N) is 1. The number of fused-ring (bicyclic) bond motifs is 1. The summed E-state index contributed by atoms with van der Waals surface area (Å²) in [6.07, 6.45) is 6.68. The zero-order chi connectivity index (χ0) is 16.4. The summed E-state index contributed by atoms with van der Waals surface area (Å²) >= 11 is 0. The van der Waals surface area contributed by atoms with Gasteiger partial charge >= 0.3 is 0 Å². The molecule has 3 rings (SSSR count). The number of nitrogens with zero attached hydrogens (tertiary/aromatic N) is 3. The van der Waals surface area contributed by atoms with E-state index in [2.05, 4.69) is 30.9 Å². The molecule has 1 fully saturated rings. The first-order valence-corrected chi connectivity index (χ1v) is 8.70. The Labute approximate surface area is 136 Å². The van der Waals surface area contributed by atoms with E-state index in [-0.39, 0.29) is 17.7 Å². The number of H-pyrrole nitrogens is 1. The molecule has 0 unspecified atom stereocenters. The highest BCUT2D eigenvalue weighted by atomic mass is 16.5. The van der Waals surface area contributed by atoms with Crippen LogP contribution >= 0.6 is 0 Å². The summed E-state index contributed by atoms with van der Waals surface area (Å²) in [4.78, 5) is 20.0. The van der Waals surface area contributed by atoms with Gasteiger partial charge in [0.1, 0.15) is 11.2 Å². The lowest BCUT2D eigenvalue weighted by Gasteiger charge is -2.27. The fourth-order valence-corrected chi connectivity index (χ4v) is 3.39. The van der Waals surface area contributed by atoms with Crippen molar-refractivity contribution >= 4 is 11.0 Å². The van der Waals surface area contributed by atoms with E-state index in [0.717, 1.165) is 44.5 Å². The van der Waals surface area contributed by atoms with Crippen LogP contribution in [0.15, 0.2) is 11.0 Å². The maximum atomic E-state index is 12.3. The van der Waals surface area contributed by atoms with Gasteiger partial charge in [0.15, 0.2) is 5.65 Å². The van der Waals surface area contributed by atoms with Crippen molar-refractivity contribution in [3.63, 3.8) is 0 Å². The number of aromatic nitrogens is 4. The first kappa shape index (κ1) is 16.2. The van der Waals surface area contributed by atoms with Gasteiger partial charge in [-0.1, -0.05) is 26.7 Å². The molecule has 2 atom stereocenters. The van der Waals surface area contributed by atoms with E-state index in [1.54, 1.807) is 6.20 Å². The molecule has 1 aliphatic rings. The third-order valence-corrected chi connectivity index (χ3v) is 4.95. The number of aromatic amines is 1. The van der Waals surface area contributed by atoms with Gasteiger partial charge in [-0.15, -0.1) is 0 Å². The van der Waals surface area contributed by atoms with Crippen LogP contribution in [0.25, 0.3) is 11.0 Å². The third-order valence-electron chi connectivity index (χ3n) is 4.95. The van der Waals surface area contributed by atoms with Gasteiger partial charge in [-0.25, -0.2) is 9.67 Å². The highest BCUT2D eigenvalue weighted by molar-refractivity contribution is 5.73. The van der Waals surface area contributed by atoms with E-state index in [1.165, 1.54) is 0 Å².